The second-order valence-electron chi connectivity index (χ2n) is 3.93. The highest BCUT2D eigenvalue weighted by Gasteiger charge is 2.23. The van der Waals surface area contributed by atoms with Crippen molar-refractivity contribution in [2.24, 2.45) is 0 Å². The second-order valence-corrected chi connectivity index (χ2v) is 5.20. The Bertz CT molecular complexity index is 468. The van der Waals surface area contributed by atoms with Crippen LogP contribution in [0.2, 0.25) is 0 Å². The lowest BCUT2D eigenvalue weighted by molar-refractivity contribution is -0.109. The van der Waals surface area contributed by atoms with Crippen molar-refractivity contribution >= 4 is 16.9 Å². The molecule has 0 fully saturated rings. The zero-order valence-electron chi connectivity index (χ0n) is 10.1. The Balaban J connectivity index is 2.73. The lowest BCUT2D eigenvalue weighted by Gasteiger charge is -2.18. The lowest BCUT2D eigenvalue weighted by Crippen LogP contribution is -2.20. The number of carbonyl (C=O) groups is 1. The van der Waals surface area contributed by atoms with Gasteiger partial charge in [0, 0.05) is 24.3 Å². The predicted octanol–water partition coefficient (Wildman–Crippen LogP) is 2.17. The molecular weight excluding hydrogens is 281 g/mol. The van der Waals surface area contributed by atoms with Crippen LogP contribution in [0.4, 0.5) is 13.2 Å². The standard InChI is InChI=1S/C12H13F3O3S/c1-6(16)19-3-2-11(17)12(18)7-4-9(14)10(15)5-8(7)13/h4-5,11-12,17-18H,2-3H2,1H3. The van der Waals surface area contributed by atoms with Crippen molar-refractivity contribution in [1.29, 1.82) is 0 Å². The van der Waals surface area contributed by atoms with E-state index < -0.39 is 35.2 Å². The van der Waals surface area contributed by atoms with E-state index >= 15 is 0 Å². The van der Waals surface area contributed by atoms with Crippen molar-refractivity contribution in [2.75, 3.05) is 5.75 Å². The van der Waals surface area contributed by atoms with Gasteiger partial charge >= 0.3 is 0 Å². The van der Waals surface area contributed by atoms with Crippen LogP contribution in [-0.2, 0) is 4.79 Å². The fraction of sp³-hybridized carbons (Fsp3) is 0.417. The fourth-order valence-electron chi connectivity index (χ4n) is 1.45. The number of thioether (sulfide) groups is 1. The summed E-state index contributed by atoms with van der Waals surface area (Å²) in [5, 5.41) is 19.1. The minimum Gasteiger partial charge on any atom is -0.390 e. The number of hydrogen-bond donors (Lipinski definition) is 2. The van der Waals surface area contributed by atoms with E-state index in [1.807, 2.05) is 0 Å². The van der Waals surface area contributed by atoms with Crippen LogP contribution in [0.1, 0.15) is 25.0 Å². The summed E-state index contributed by atoms with van der Waals surface area (Å²) in [6, 6.07) is 0.821. The molecule has 0 saturated heterocycles. The first-order chi connectivity index (χ1) is 8.82. The molecule has 0 aliphatic rings. The zero-order valence-corrected chi connectivity index (χ0v) is 10.9. The van der Waals surface area contributed by atoms with Gasteiger partial charge in [-0.1, -0.05) is 11.8 Å². The third-order valence-corrected chi connectivity index (χ3v) is 3.29. The van der Waals surface area contributed by atoms with E-state index in [4.69, 9.17) is 0 Å². The van der Waals surface area contributed by atoms with Crippen LogP contribution in [0, 0.1) is 17.5 Å². The lowest BCUT2D eigenvalue weighted by atomic mass is 10.0. The summed E-state index contributed by atoms with van der Waals surface area (Å²) >= 11 is 0.944. The van der Waals surface area contributed by atoms with Crippen molar-refractivity contribution in [3.63, 3.8) is 0 Å². The summed E-state index contributed by atoms with van der Waals surface area (Å²) in [7, 11) is 0. The first kappa shape index (κ1) is 16.0. The third kappa shape index (κ3) is 4.52. The molecule has 1 aromatic rings. The average molecular weight is 294 g/mol. The summed E-state index contributed by atoms with van der Waals surface area (Å²) in [6.45, 7) is 1.35. The van der Waals surface area contributed by atoms with E-state index in [1.54, 1.807) is 0 Å². The Hall–Kier alpha value is -1.05. The van der Waals surface area contributed by atoms with Crippen LogP contribution in [0.5, 0.6) is 0 Å². The number of aliphatic hydroxyl groups excluding tert-OH is 2. The molecule has 3 nitrogen and oxygen atoms in total. The maximum atomic E-state index is 13.4. The van der Waals surface area contributed by atoms with Gasteiger partial charge in [-0.3, -0.25) is 4.79 Å². The molecule has 2 N–H and O–H groups in total. The molecule has 106 valence electrons. The summed E-state index contributed by atoms with van der Waals surface area (Å²) in [6.07, 6.45) is -3.03. The summed E-state index contributed by atoms with van der Waals surface area (Å²) in [4.78, 5) is 10.7. The number of benzene rings is 1. The second kappa shape index (κ2) is 6.93. The molecule has 0 bridgehead atoms. The monoisotopic (exact) mass is 294 g/mol. The summed E-state index contributed by atoms with van der Waals surface area (Å²) in [5.74, 6) is -3.57. The molecule has 0 amide bonds. The molecule has 7 heteroatoms. The highest BCUT2D eigenvalue weighted by molar-refractivity contribution is 8.13. The third-order valence-electron chi connectivity index (χ3n) is 2.44. The van der Waals surface area contributed by atoms with Crippen LogP contribution in [0.25, 0.3) is 0 Å². The van der Waals surface area contributed by atoms with Crippen LogP contribution >= 0.6 is 11.8 Å². The van der Waals surface area contributed by atoms with Crippen LogP contribution < -0.4 is 0 Å². The molecule has 0 aliphatic carbocycles. The van der Waals surface area contributed by atoms with E-state index in [0.29, 0.717) is 12.1 Å². The largest absolute Gasteiger partial charge is 0.390 e. The minimum absolute atomic E-state index is 0.0177. The SMILES string of the molecule is CC(=O)SCCC(O)C(O)c1cc(F)c(F)cc1F. The number of aliphatic hydroxyl groups is 2. The smallest absolute Gasteiger partial charge is 0.185 e. The summed E-state index contributed by atoms with van der Waals surface area (Å²) in [5.41, 5.74) is -0.515. The number of hydrogen-bond acceptors (Lipinski definition) is 4. The number of rotatable bonds is 5. The van der Waals surface area contributed by atoms with Gasteiger partial charge in [0.1, 0.15) is 11.9 Å². The Kier molecular flexibility index (Phi) is 5.84. The minimum atomic E-state index is -1.68. The van der Waals surface area contributed by atoms with E-state index in [0.717, 1.165) is 11.8 Å². The van der Waals surface area contributed by atoms with Crippen molar-refractivity contribution in [1.82, 2.24) is 0 Å². The molecule has 1 rings (SSSR count). The molecular formula is C12H13F3O3S. The first-order valence-electron chi connectivity index (χ1n) is 5.47. The Labute approximate surface area is 112 Å². The van der Waals surface area contributed by atoms with Crippen LogP contribution in [0.3, 0.4) is 0 Å². The van der Waals surface area contributed by atoms with Gasteiger partial charge in [-0.15, -0.1) is 0 Å². The van der Waals surface area contributed by atoms with Crippen LogP contribution in [0.15, 0.2) is 12.1 Å². The van der Waals surface area contributed by atoms with Gasteiger partial charge in [-0.05, 0) is 12.5 Å². The molecule has 19 heavy (non-hydrogen) atoms. The average Bonchev–Trinajstić information content (AvgIpc) is 2.32. The molecule has 0 aliphatic heterocycles. The zero-order chi connectivity index (χ0) is 14.6. The molecule has 0 spiro atoms. The fourth-order valence-corrected chi connectivity index (χ4v) is 2.10. The normalized spacial score (nSPS) is 14.2. The van der Waals surface area contributed by atoms with Gasteiger partial charge in [0.2, 0.25) is 0 Å². The van der Waals surface area contributed by atoms with Gasteiger partial charge in [0.05, 0.1) is 6.10 Å². The van der Waals surface area contributed by atoms with Crippen molar-refractivity contribution in [2.45, 2.75) is 25.6 Å². The quantitative estimate of drug-likeness (QED) is 0.817. The van der Waals surface area contributed by atoms with Gasteiger partial charge in [0.15, 0.2) is 16.7 Å². The van der Waals surface area contributed by atoms with Crippen molar-refractivity contribution in [3.8, 4) is 0 Å². The molecule has 0 radical (unpaired) electrons. The maximum Gasteiger partial charge on any atom is 0.185 e. The molecule has 0 aromatic heterocycles. The van der Waals surface area contributed by atoms with Gasteiger partial charge in [0.25, 0.3) is 0 Å². The first-order valence-corrected chi connectivity index (χ1v) is 6.45. The summed E-state index contributed by atoms with van der Waals surface area (Å²) < 4.78 is 39.0. The highest BCUT2D eigenvalue weighted by atomic mass is 32.2. The van der Waals surface area contributed by atoms with Gasteiger partial charge in [-0.2, -0.15) is 0 Å². The van der Waals surface area contributed by atoms with Gasteiger partial charge in [-0.25, -0.2) is 13.2 Å². The molecule has 0 saturated carbocycles. The number of carbonyl (C=O) groups excluding carboxylic acids is 1. The van der Waals surface area contributed by atoms with Crippen LogP contribution in [-0.4, -0.2) is 27.2 Å². The topological polar surface area (TPSA) is 57.5 Å². The molecule has 1 aromatic carbocycles. The van der Waals surface area contributed by atoms with Gasteiger partial charge < -0.3 is 10.2 Å². The molecule has 2 unspecified atom stereocenters. The van der Waals surface area contributed by atoms with E-state index in [-0.39, 0.29) is 17.3 Å². The predicted molar refractivity (Wildman–Crippen MR) is 65.0 cm³/mol. The Morgan fingerprint density at radius 2 is 1.79 bits per heavy atom. The highest BCUT2D eigenvalue weighted by Crippen LogP contribution is 2.25. The molecule has 0 heterocycles. The maximum absolute atomic E-state index is 13.4. The van der Waals surface area contributed by atoms with Crippen molar-refractivity contribution in [3.05, 3.63) is 35.1 Å². The molecule has 2 atom stereocenters. The Morgan fingerprint density at radius 3 is 2.37 bits per heavy atom. The van der Waals surface area contributed by atoms with E-state index in [9.17, 15) is 28.2 Å². The van der Waals surface area contributed by atoms with E-state index in [1.165, 1.54) is 6.92 Å². The van der Waals surface area contributed by atoms with E-state index in [2.05, 4.69) is 0 Å². The number of halogens is 3. The van der Waals surface area contributed by atoms with Crippen molar-refractivity contribution < 1.29 is 28.2 Å². The Morgan fingerprint density at radius 1 is 1.21 bits per heavy atom.